The minimum absolute atomic E-state index is 0.171. The van der Waals surface area contributed by atoms with Gasteiger partial charge >= 0.3 is 0 Å². The van der Waals surface area contributed by atoms with Crippen LogP contribution in [0.1, 0.15) is 19.6 Å². The third-order valence-electron chi connectivity index (χ3n) is 1.03. The molecule has 0 unspecified atom stereocenters. The summed E-state index contributed by atoms with van der Waals surface area (Å²) in [4.78, 5) is 15.4. The fourth-order valence-electron chi connectivity index (χ4n) is 0.617. The molecule has 66 valence electrons. The summed E-state index contributed by atoms with van der Waals surface area (Å²) in [7, 11) is 0. The van der Waals surface area contributed by atoms with Gasteiger partial charge in [-0.2, -0.15) is 5.16 Å². The lowest BCUT2D eigenvalue weighted by Gasteiger charge is -1.93. The number of rotatable bonds is 3. The van der Waals surface area contributed by atoms with Crippen molar-refractivity contribution in [2.45, 2.75) is 20.5 Å². The quantitative estimate of drug-likeness (QED) is 0.540. The predicted octanol–water partition coefficient (Wildman–Crippen LogP) is 0.880. The molecule has 0 aliphatic heterocycles. The number of hydrogen-bond donors (Lipinski definition) is 1. The van der Waals surface area contributed by atoms with Crippen LogP contribution >= 0.6 is 0 Å². The summed E-state index contributed by atoms with van der Waals surface area (Å²) < 4.78 is 4.71. The van der Waals surface area contributed by atoms with Crippen molar-refractivity contribution in [3.05, 3.63) is 22.2 Å². The molecule has 0 spiro atoms. The van der Waals surface area contributed by atoms with Crippen LogP contribution in [0.4, 0.5) is 0 Å². The second-order valence-corrected chi connectivity index (χ2v) is 2.49. The summed E-state index contributed by atoms with van der Waals surface area (Å²) in [5.74, 6) is 0.435. The molecule has 0 atom stereocenters. The standard InChI is InChI=1S/C7H10N2O3/c1-5(2)8-11-4-6-3-7(10)9-12-6/h3H,4H2,1-2H3,(H,9,10). The minimum Gasteiger partial charge on any atom is -0.388 e. The number of aromatic nitrogens is 1. The lowest BCUT2D eigenvalue weighted by molar-refractivity contribution is 0.109. The monoisotopic (exact) mass is 170 g/mol. The van der Waals surface area contributed by atoms with E-state index in [4.69, 9.17) is 9.36 Å². The Hall–Kier alpha value is -1.52. The van der Waals surface area contributed by atoms with Crippen LogP contribution in [-0.4, -0.2) is 10.9 Å². The van der Waals surface area contributed by atoms with Gasteiger partial charge in [-0.3, -0.25) is 4.79 Å². The van der Waals surface area contributed by atoms with E-state index < -0.39 is 0 Å². The van der Waals surface area contributed by atoms with Crippen molar-refractivity contribution >= 4 is 5.71 Å². The molecule has 0 radical (unpaired) electrons. The first kappa shape index (κ1) is 8.58. The smallest absolute Gasteiger partial charge is 0.280 e. The maximum absolute atomic E-state index is 10.5. The molecule has 1 rings (SSSR count). The molecule has 0 aliphatic carbocycles. The molecule has 0 saturated heterocycles. The number of oxime groups is 1. The third kappa shape index (κ3) is 2.61. The molecule has 0 aliphatic rings. The van der Waals surface area contributed by atoms with Crippen molar-refractivity contribution in [3.8, 4) is 0 Å². The van der Waals surface area contributed by atoms with Gasteiger partial charge in [0.05, 0.1) is 11.8 Å². The summed E-state index contributed by atoms with van der Waals surface area (Å²) >= 11 is 0. The molecule has 12 heavy (non-hydrogen) atoms. The molecule has 5 nitrogen and oxygen atoms in total. The van der Waals surface area contributed by atoms with Gasteiger partial charge in [-0.25, -0.2) is 0 Å². The Morgan fingerprint density at radius 1 is 1.75 bits per heavy atom. The molecule has 0 amide bonds. The molecule has 0 fully saturated rings. The van der Waals surface area contributed by atoms with Crippen molar-refractivity contribution < 1.29 is 9.36 Å². The largest absolute Gasteiger partial charge is 0.388 e. The zero-order valence-electron chi connectivity index (χ0n) is 6.96. The van der Waals surface area contributed by atoms with E-state index in [2.05, 4.69) is 10.3 Å². The van der Waals surface area contributed by atoms with Crippen LogP contribution in [-0.2, 0) is 11.4 Å². The third-order valence-corrected chi connectivity index (χ3v) is 1.03. The fourth-order valence-corrected chi connectivity index (χ4v) is 0.617. The van der Waals surface area contributed by atoms with Gasteiger partial charge in [-0.05, 0) is 13.8 Å². The summed E-state index contributed by atoms with van der Waals surface area (Å²) in [5, 5.41) is 5.82. The summed E-state index contributed by atoms with van der Waals surface area (Å²) in [5.41, 5.74) is 0.540. The zero-order chi connectivity index (χ0) is 8.97. The van der Waals surface area contributed by atoms with Crippen molar-refractivity contribution in [2.75, 3.05) is 0 Å². The number of aromatic amines is 1. The first-order chi connectivity index (χ1) is 5.68. The first-order valence-corrected chi connectivity index (χ1v) is 3.49. The number of H-pyrrole nitrogens is 1. The lowest BCUT2D eigenvalue weighted by atomic mass is 10.5. The van der Waals surface area contributed by atoms with E-state index in [1.807, 2.05) is 13.8 Å². The van der Waals surface area contributed by atoms with Crippen LogP contribution in [0.3, 0.4) is 0 Å². The Bertz CT molecular complexity index is 319. The highest BCUT2D eigenvalue weighted by atomic mass is 16.6. The van der Waals surface area contributed by atoms with Crippen LogP contribution in [0.15, 0.2) is 20.5 Å². The normalized spacial score (nSPS) is 9.50. The second-order valence-electron chi connectivity index (χ2n) is 2.49. The van der Waals surface area contributed by atoms with Crippen molar-refractivity contribution in [1.82, 2.24) is 5.16 Å². The van der Waals surface area contributed by atoms with E-state index in [1.165, 1.54) is 6.07 Å². The maximum atomic E-state index is 10.5. The van der Waals surface area contributed by atoms with Gasteiger partial charge in [-0.15, -0.1) is 0 Å². The molecule has 0 bridgehead atoms. The molecule has 0 saturated carbocycles. The average Bonchev–Trinajstić information content (AvgIpc) is 2.35. The van der Waals surface area contributed by atoms with Gasteiger partial charge < -0.3 is 9.36 Å². The van der Waals surface area contributed by atoms with E-state index in [0.29, 0.717) is 5.76 Å². The molecule has 1 aromatic heterocycles. The van der Waals surface area contributed by atoms with E-state index in [1.54, 1.807) is 0 Å². The van der Waals surface area contributed by atoms with Crippen molar-refractivity contribution in [3.63, 3.8) is 0 Å². The number of nitrogens with one attached hydrogen (secondary N) is 1. The fraction of sp³-hybridized carbons (Fsp3) is 0.429. The molecular weight excluding hydrogens is 160 g/mol. The Morgan fingerprint density at radius 3 is 3.00 bits per heavy atom. The van der Waals surface area contributed by atoms with E-state index in [-0.39, 0.29) is 12.2 Å². The highest BCUT2D eigenvalue weighted by molar-refractivity contribution is 5.78. The van der Waals surface area contributed by atoms with E-state index in [9.17, 15) is 4.79 Å². The van der Waals surface area contributed by atoms with Crippen LogP contribution < -0.4 is 5.56 Å². The van der Waals surface area contributed by atoms with Gasteiger partial charge in [0.25, 0.3) is 5.56 Å². The van der Waals surface area contributed by atoms with Crippen LogP contribution in [0, 0.1) is 0 Å². The summed E-state index contributed by atoms with van der Waals surface area (Å²) in [6.07, 6.45) is 0. The second kappa shape index (κ2) is 3.75. The Balaban J connectivity index is 2.44. The van der Waals surface area contributed by atoms with Crippen LogP contribution in [0.25, 0.3) is 0 Å². The molecular formula is C7H10N2O3. The van der Waals surface area contributed by atoms with Gasteiger partial charge in [0.2, 0.25) is 0 Å². The van der Waals surface area contributed by atoms with Crippen molar-refractivity contribution in [2.24, 2.45) is 5.16 Å². The average molecular weight is 170 g/mol. The number of hydrogen-bond acceptors (Lipinski definition) is 4. The Kier molecular flexibility index (Phi) is 2.68. The Labute approximate surface area is 69.0 Å². The molecule has 0 aromatic carbocycles. The molecule has 1 aromatic rings. The van der Waals surface area contributed by atoms with E-state index in [0.717, 1.165) is 5.71 Å². The molecule has 1 heterocycles. The first-order valence-electron chi connectivity index (χ1n) is 3.49. The van der Waals surface area contributed by atoms with Crippen LogP contribution in [0.5, 0.6) is 0 Å². The van der Waals surface area contributed by atoms with Gasteiger partial charge in [0, 0.05) is 0 Å². The Morgan fingerprint density at radius 2 is 2.50 bits per heavy atom. The van der Waals surface area contributed by atoms with Crippen molar-refractivity contribution in [1.29, 1.82) is 0 Å². The minimum atomic E-state index is -0.272. The SMILES string of the molecule is CC(C)=NOCc1cc(=O)[nH]o1. The summed E-state index contributed by atoms with van der Waals surface area (Å²) in [6, 6.07) is 1.32. The predicted molar refractivity (Wildman–Crippen MR) is 42.9 cm³/mol. The van der Waals surface area contributed by atoms with Gasteiger partial charge in [-0.1, -0.05) is 5.16 Å². The molecule has 1 N–H and O–H groups in total. The highest BCUT2D eigenvalue weighted by Gasteiger charge is 1.98. The number of nitrogens with zero attached hydrogens (tertiary/aromatic N) is 1. The van der Waals surface area contributed by atoms with E-state index >= 15 is 0 Å². The topological polar surface area (TPSA) is 67.6 Å². The molecule has 5 heteroatoms. The van der Waals surface area contributed by atoms with Gasteiger partial charge in [0.1, 0.15) is 0 Å². The lowest BCUT2D eigenvalue weighted by Crippen LogP contribution is -1.93. The summed E-state index contributed by atoms with van der Waals surface area (Å²) in [6.45, 7) is 3.80. The van der Waals surface area contributed by atoms with Gasteiger partial charge in [0.15, 0.2) is 12.4 Å². The maximum Gasteiger partial charge on any atom is 0.280 e. The zero-order valence-corrected chi connectivity index (χ0v) is 6.96. The van der Waals surface area contributed by atoms with Crippen LogP contribution in [0.2, 0.25) is 0 Å². The highest BCUT2D eigenvalue weighted by Crippen LogP contribution is 1.95.